The molecule has 0 radical (unpaired) electrons. The van der Waals surface area contributed by atoms with E-state index in [-0.39, 0.29) is 6.61 Å². The lowest BCUT2D eigenvalue weighted by molar-refractivity contribution is -0.161. The van der Waals surface area contributed by atoms with E-state index in [0.717, 1.165) is 0 Å². The minimum atomic E-state index is -0.514. The van der Waals surface area contributed by atoms with Gasteiger partial charge in [-0.25, -0.2) is 9.18 Å². The van der Waals surface area contributed by atoms with E-state index in [2.05, 4.69) is 0 Å². The molecular weight excluding hydrogens is 187 g/mol. The highest BCUT2D eigenvalue weighted by atomic mass is 19.1. The van der Waals surface area contributed by atoms with E-state index in [0.29, 0.717) is 6.33 Å². The third kappa shape index (κ3) is 7.73. The standard InChI is InChI=1S/C10H17FO3/c1-8(5-6-11)13-7-9(12)14-10(2,3)4/h5-6,8H,7H2,1-4H3. The van der Waals surface area contributed by atoms with Crippen LogP contribution in [0.5, 0.6) is 0 Å². The summed E-state index contributed by atoms with van der Waals surface area (Å²) in [6.45, 7) is 6.80. The molecule has 0 N–H and O–H groups in total. The molecule has 0 fully saturated rings. The minimum Gasteiger partial charge on any atom is -0.458 e. The summed E-state index contributed by atoms with van der Waals surface area (Å²) in [5, 5.41) is 0. The zero-order valence-electron chi connectivity index (χ0n) is 9.04. The number of rotatable bonds is 4. The van der Waals surface area contributed by atoms with Crippen LogP contribution in [0.1, 0.15) is 27.7 Å². The molecule has 1 atom stereocenters. The van der Waals surface area contributed by atoms with Gasteiger partial charge in [0.25, 0.3) is 0 Å². The Morgan fingerprint density at radius 3 is 2.50 bits per heavy atom. The van der Waals surface area contributed by atoms with Crippen LogP contribution in [0, 0.1) is 0 Å². The van der Waals surface area contributed by atoms with Gasteiger partial charge in [0.15, 0.2) is 0 Å². The molecular formula is C10H17FO3. The van der Waals surface area contributed by atoms with E-state index < -0.39 is 17.7 Å². The lowest BCUT2D eigenvalue weighted by atomic mass is 10.2. The van der Waals surface area contributed by atoms with Gasteiger partial charge in [-0.1, -0.05) is 0 Å². The number of carbonyl (C=O) groups is 1. The predicted octanol–water partition coefficient (Wildman–Crippen LogP) is 2.22. The second-order valence-corrected chi connectivity index (χ2v) is 3.92. The molecule has 3 nitrogen and oxygen atoms in total. The molecule has 82 valence electrons. The van der Waals surface area contributed by atoms with Gasteiger partial charge in [-0.15, -0.1) is 0 Å². The smallest absolute Gasteiger partial charge is 0.332 e. The molecule has 0 saturated heterocycles. The second-order valence-electron chi connectivity index (χ2n) is 3.92. The Labute approximate surface area is 83.9 Å². The molecule has 0 aromatic carbocycles. The average molecular weight is 204 g/mol. The van der Waals surface area contributed by atoms with Crippen molar-refractivity contribution in [2.24, 2.45) is 0 Å². The van der Waals surface area contributed by atoms with E-state index in [4.69, 9.17) is 9.47 Å². The van der Waals surface area contributed by atoms with E-state index in [1.54, 1.807) is 27.7 Å². The molecule has 0 aliphatic rings. The Bertz CT molecular complexity index is 206. The first-order chi connectivity index (χ1) is 6.35. The van der Waals surface area contributed by atoms with E-state index in [1.807, 2.05) is 0 Å². The lowest BCUT2D eigenvalue weighted by Crippen LogP contribution is -2.27. The van der Waals surface area contributed by atoms with Crippen molar-refractivity contribution in [2.45, 2.75) is 39.4 Å². The molecule has 14 heavy (non-hydrogen) atoms. The Kier molecular flexibility index (Phi) is 5.38. The highest BCUT2D eigenvalue weighted by molar-refractivity contribution is 5.71. The van der Waals surface area contributed by atoms with E-state index in [1.165, 1.54) is 6.08 Å². The fraction of sp³-hybridized carbons (Fsp3) is 0.700. The van der Waals surface area contributed by atoms with E-state index >= 15 is 0 Å². The van der Waals surface area contributed by atoms with Gasteiger partial charge in [0, 0.05) is 0 Å². The summed E-state index contributed by atoms with van der Waals surface area (Å²) >= 11 is 0. The van der Waals surface area contributed by atoms with Gasteiger partial charge in [0.05, 0.1) is 12.4 Å². The van der Waals surface area contributed by atoms with Crippen LogP contribution in [0.15, 0.2) is 12.4 Å². The number of hydrogen-bond donors (Lipinski definition) is 0. The highest BCUT2D eigenvalue weighted by Crippen LogP contribution is 2.07. The largest absolute Gasteiger partial charge is 0.458 e. The van der Waals surface area contributed by atoms with Crippen molar-refractivity contribution < 1.29 is 18.7 Å². The molecule has 0 aromatic heterocycles. The maximum atomic E-state index is 11.7. The molecule has 4 heteroatoms. The monoisotopic (exact) mass is 204 g/mol. The van der Waals surface area contributed by atoms with Gasteiger partial charge in [-0.2, -0.15) is 0 Å². The van der Waals surface area contributed by atoms with E-state index in [9.17, 15) is 9.18 Å². The lowest BCUT2D eigenvalue weighted by Gasteiger charge is -2.19. The summed E-state index contributed by atoms with van der Waals surface area (Å²) in [6.07, 6.45) is 1.18. The Morgan fingerprint density at radius 2 is 2.07 bits per heavy atom. The van der Waals surface area contributed by atoms with Crippen LogP contribution in [0.2, 0.25) is 0 Å². The summed E-state index contributed by atoms with van der Waals surface area (Å²) in [5.74, 6) is -0.448. The zero-order valence-corrected chi connectivity index (χ0v) is 9.04. The summed E-state index contributed by atoms with van der Waals surface area (Å²) in [5.41, 5.74) is -0.514. The molecule has 1 unspecified atom stereocenters. The number of esters is 1. The van der Waals surface area contributed by atoms with Gasteiger partial charge >= 0.3 is 5.97 Å². The summed E-state index contributed by atoms with van der Waals surface area (Å²) < 4.78 is 21.6. The summed E-state index contributed by atoms with van der Waals surface area (Å²) in [4.78, 5) is 11.1. The van der Waals surface area contributed by atoms with Crippen LogP contribution in [-0.2, 0) is 14.3 Å². The van der Waals surface area contributed by atoms with Crippen LogP contribution < -0.4 is 0 Å². The Balaban J connectivity index is 3.75. The van der Waals surface area contributed by atoms with Crippen molar-refractivity contribution in [1.82, 2.24) is 0 Å². The van der Waals surface area contributed by atoms with Crippen molar-refractivity contribution in [3.63, 3.8) is 0 Å². The number of halogens is 1. The molecule has 0 aliphatic heterocycles. The fourth-order valence-corrected chi connectivity index (χ4v) is 0.728. The highest BCUT2D eigenvalue weighted by Gasteiger charge is 2.16. The Morgan fingerprint density at radius 1 is 1.50 bits per heavy atom. The van der Waals surface area contributed by atoms with Crippen molar-refractivity contribution in [3.8, 4) is 0 Å². The average Bonchev–Trinajstić information content (AvgIpc) is 1.98. The maximum absolute atomic E-state index is 11.7. The summed E-state index contributed by atoms with van der Waals surface area (Å²) in [6, 6.07) is 0. The number of hydrogen-bond acceptors (Lipinski definition) is 3. The van der Waals surface area contributed by atoms with Crippen molar-refractivity contribution in [1.29, 1.82) is 0 Å². The van der Waals surface area contributed by atoms with Crippen LogP contribution in [-0.4, -0.2) is 24.3 Å². The maximum Gasteiger partial charge on any atom is 0.332 e. The number of carbonyl (C=O) groups excluding carboxylic acids is 1. The van der Waals surface area contributed by atoms with Gasteiger partial charge < -0.3 is 9.47 Å². The van der Waals surface area contributed by atoms with Crippen LogP contribution in [0.3, 0.4) is 0 Å². The fourth-order valence-electron chi connectivity index (χ4n) is 0.728. The molecule has 0 bridgehead atoms. The SMILES string of the molecule is CC(C=CF)OCC(=O)OC(C)(C)C. The zero-order chi connectivity index (χ0) is 11.2. The third-order valence-corrected chi connectivity index (χ3v) is 1.23. The van der Waals surface area contributed by atoms with Gasteiger partial charge in [0.1, 0.15) is 12.2 Å². The second kappa shape index (κ2) is 5.75. The van der Waals surface area contributed by atoms with Gasteiger partial charge in [-0.3, -0.25) is 0 Å². The third-order valence-electron chi connectivity index (χ3n) is 1.23. The normalized spacial score (nSPS) is 14.4. The molecule has 0 aliphatic carbocycles. The predicted molar refractivity (Wildman–Crippen MR) is 51.5 cm³/mol. The Hall–Kier alpha value is -0.900. The van der Waals surface area contributed by atoms with Gasteiger partial charge in [-0.05, 0) is 33.8 Å². The topological polar surface area (TPSA) is 35.5 Å². The first-order valence-electron chi connectivity index (χ1n) is 4.45. The van der Waals surface area contributed by atoms with Crippen LogP contribution in [0.4, 0.5) is 4.39 Å². The van der Waals surface area contributed by atoms with Crippen LogP contribution in [0.25, 0.3) is 0 Å². The van der Waals surface area contributed by atoms with Gasteiger partial charge in [0.2, 0.25) is 0 Å². The molecule has 0 rings (SSSR count). The first-order valence-corrected chi connectivity index (χ1v) is 4.45. The molecule has 0 saturated carbocycles. The minimum absolute atomic E-state index is 0.164. The molecule has 0 amide bonds. The first kappa shape index (κ1) is 13.1. The van der Waals surface area contributed by atoms with Crippen LogP contribution >= 0.6 is 0 Å². The summed E-state index contributed by atoms with van der Waals surface area (Å²) in [7, 11) is 0. The molecule has 0 aromatic rings. The molecule has 0 heterocycles. The van der Waals surface area contributed by atoms with Crippen molar-refractivity contribution in [3.05, 3.63) is 12.4 Å². The quantitative estimate of drug-likeness (QED) is 0.659. The molecule has 0 spiro atoms. The number of ether oxygens (including phenoxy) is 2. The van der Waals surface area contributed by atoms with Crippen molar-refractivity contribution >= 4 is 5.97 Å². The van der Waals surface area contributed by atoms with Crippen molar-refractivity contribution in [2.75, 3.05) is 6.61 Å².